The Morgan fingerprint density at radius 3 is 2.77 bits per heavy atom. The number of allylic oxidation sites excluding steroid dienone is 1. The van der Waals surface area contributed by atoms with Gasteiger partial charge in [-0.05, 0) is 17.7 Å². The zero-order valence-corrected chi connectivity index (χ0v) is 15.5. The number of rotatable bonds is 5. The fraction of sp³-hybridized carbons (Fsp3) is 0.316. The lowest BCUT2D eigenvalue weighted by Crippen LogP contribution is -2.40. The minimum absolute atomic E-state index is 0.0315. The van der Waals surface area contributed by atoms with Crippen LogP contribution < -0.4 is 16.8 Å². The molecule has 0 unspecified atom stereocenters. The number of amides is 1. The van der Waals surface area contributed by atoms with E-state index in [0.717, 1.165) is 28.8 Å². The Hall–Kier alpha value is -3.09. The summed E-state index contributed by atoms with van der Waals surface area (Å²) in [5, 5.41) is 3.17. The largest absolute Gasteiger partial charge is 0.404 e. The topological polar surface area (TPSA) is 109 Å². The van der Waals surface area contributed by atoms with Gasteiger partial charge in [-0.25, -0.2) is 4.99 Å². The molecule has 1 aliphatic rings. The molecular weight excluding hydrogens is 328 g/mol. The lowest BCUT2D eigenvalue weighted by molar-refractivity contribution is -0.128. The lowest BCUT2D eigenvalue weighted by Gasteiger charge is -2.29. The second-order valence-corrected chi connectivity index (χ2v) is 5.95. The molecule has 0 fully saturated rings. The van der Waals surface area contributed by atoms with Crippen molar-refractivity contribution in [3.8, 4) is 0 Å². The van der Waals surface area contributed by atoms with Gasteiger partial charge >= 0.3 is 0 Å². The predicted molar refractivity (Wildman–Crippen MR) is 107 cm³/mol. The van der Waals surface area contributed by atoms with Gasteiger partial charge in [0, 0.05) is 63.2 Å². The van der Waals surface area contributed by atoms with Crippen molar-refractivity contribution in [2.45, 2.75) is 13.3 Å². The van der Waals surface area contributed by atoms with Crippen LogP contribution in [0, 0.1) is 0 Å². The molecular formula is C19H26N6O. The average Bonchev–Trinajstić information content (AvgIpc) is 2.65. The molecule has 0 atom stereocenters. The van der Waals surface area contributed by atoms with Crippen molar-refractivity contribution in [1.82, 2.24) is 10.2 Å². The molecule has 1 aliphatic heterocycles. The summed E-state index contributed by atoms with van der Waals surface area (Å²) in [5.41, 5.74) is 16.2. The van der Waals surface area contributed by atoms with Gasteiger partial charge in [-0.2, -0.15) is 0 Å². The molecule has 0 aromatic heterocycles. The molecule has 0 saturated heterocycles. The Bertz CT molecular complexity index is 791. The van der Waals surface area contributed by atoms with Gasteiger partial charge in [-0.1, -0.05) is 12.1 Å². The SMILES string of the molecule is CN=CC(=CN)c1cccc(N=C(N)C2=C(NC)CCN(C(C)=O)C2)c1. The molecule has 7 nitrogen and oxygen atoms in total. The van der Waals surface area contributed by atoms with Crippen molar-refractivity contribution < 1.29 is 4.79 Å². The van der Waals surface area contributed by atoms with Crippen LogP contribution in [-0.4, -0.2) is 50.0 Å². The molecule has 138 valence electrons. The van der Waals surface area contributed by atoms with E-state index in [-0.39, 0.29) is 5.91 Å². The van der Waals surface area contributed by atoms with Crippen molar-refractivity contribution in [3.05, 3.63) is 47.3 Å². The third-order valence-corrected chi connectivity index (χ3v) is 4.28. The van der Waals surface area contributed by atoms with Crippen LogP contribution in [0.25, 0.3) is 5.57 Å². The van der Waals surface area contributed by atoms with Gasteiger partial charge in [0.25, 0.3) is 0 Å². The highest BCUT2D eigenvalue weighted by atomic mass is 16.2. The fourth-order valence-corrected chi connectivity index (χ4v) is 2.86. The minimum atomic E-state index is 0.0315. The molecule has 26 heavy (non-hydrogen) atoms. The number of nitrogens with zero attached hydrogens (tertiary/aromatic N) is 3. The van der Waals surface area contributed by atoms with Crippen LogP contribution in [0.3, 0.4) is 0 Å². The number of carbonyl (C=O) groups excluding carboxylic acids is 1. The number of hydrogen-bond acceptors (Lipinski definition) is 5. The van der Waals surface area contributed by atoms with E-state index >= 15 is 0 Å². The number of hydrogen-bond donors (Lipinski definition) is 3. The van der Waals surface area contributed by atoms with Crippen molar-refractivity contribution in [2.75, 3.05) is 27.2 Å². The smallest absolute Gasteiger partial charge is 0.219 e. The summed E-state index contributed by atoms with van der Waals surface area (Å²) in [6.07, 6.45) is 3.93. The molecule has 0 saturated carbocycles. The van der Waals surface area contributed by atoms with E-state index in [9.17, 15) is 4.79 Å². The zero-order chi connectivity index (χ0) is 19.1. The Morgan fingerprint density at radius 2 is 2.15 bits per heavy atom. The van der Waals surface area contributed by atoms with E-state index in [1.54, 1.807) is 25.1 Å². The first-order valence-corrected chi connectivity index (χ1v) is 8.44. The standard InChI is InChI=1S/C19H26N6O/c1-13(26)25-8-7-18(23-3)17(12-25)19(21)24-16-6-4-5-14(9-16)15(10-20)11-22-2/h4-6,9-11,23H,7-8,12,20H2,1-3H3,(H2,21,24). The van der Waals surface area contributed by atoms with Crippen molar-refractivity contribution >= 4 is 29.2 Å². The molecule has 7 heteroatoms. The molecule has 2 rings (SSSR count). The summed E-state index contributed by atoms with van der Waals surface area (Å²) in [6.45, 7) is 2.70. The highest BCUT2D eigenvalue weighted by Crippen LogP contribution is 2.22. The van der Waals surface area contributed by atoms with Crippen LogP contribution in [0.15, 0.2) is 51.7 Å². The van der Waals surface area contributed by atoms with E-state index in [4.69, 9.17) is 11.5 Å². The maximum Gasteiger partial charge on any atom is 0.219 e. The van der Waals surface area contributed by atoms with Crippen LogP contribution in [0.4, 0.5) is 5.69 Å². The molecule has 1 aromatic carbocycles. The van der Waals surface area contributed by atoms with Crippen LogP contribution in [-0.2, 0) is 4.79 Å². The summed E-state index contributed by atoms with van der Waals surface area (Å²) >= 11 is 0. The van der Waals surface area contributed by atoms with E-state index < -0.39 is 0 Å². The van der Waals surface area contributed by atoms with E-state index in [1.165, 1.54) is 6.20 Å². The van der Waals surface area contributed by atoms with Gasteiger partial charge in [0.2, 0.25) is 5.91 Å². The van der Waals surface area contributed by atoms with Crippen molar-refractivity contribution in [1.29, 1.82) is 0 Å². The van der Waals surface area contributed by atoms with Gasteiger partial charge in [0.1, 0.15) is 5.84 Å². The van der Waals surface area contributed by atoms with E-state index in [2.05, 4.69) is 15.3 Å². The van der Waals surface area contributed by atoms with Gasteiger partial charge in [0.15, 0.2) is 0 Å². The number of amidine groups is 1. The van der Waals surface area contributed by atoms with Crippen LogP contribution in [0.5, 0.6) is 0 Å². The second kappa shape index (κ2) is 8.84. The fourth-order valence-electron chi connectivity index (χ4n) is 2.86. The number of benzene rings is 1. The first kappa shape index (κ1) is 19.2. The highest BCUT2D eigenvalue weighted by Gasteiger charge is 2.22. The second-order valence-electron chi connectivity index (χ2n) is 5.95. The van der Waals surface area contributed by atoms with Gasteiger partial charge in [-0.3, -0.25) is 9.79 Å². The third-order valence-electron chi connectivity index (χ3n) is 4.28. The minimum Gasteiger partial charge on any atom is -0.404 e. The number of aliphatic imine (C=N–C) groups is 2. The number of nitrogens with two attached hydrogens (primary N) is 2. The first-order valence-electron chi connectivity index (χ1n) is 8.44. The van der Waals surface area contributed by atoms with Gasteiger partial charge in [0.05, 0.1) is 12.2 Å². The maximum atomic E-state index is 11.7. The summed E-state index contributed by atoms with van der Waals surface area (Å²) in [7, 11) is 3.55. The summed E-state index contributed by atoms with van der Waals surface area (Å²) in [6, 6.07) is 7.60. The molecule has 0 bridgehead atoms. The summed E-state index contributed by atoms with van der Waals surface area (Å²) in [5.74, 6) is 0.434. The molecule has 0 aliphatic carbocycles. The first-order chi connectivity index (χ1) is 12.5. The summed E-state index contributed by atoms with van der Waals surface area (Å²) in [4.78, 5) is 22.0. The van der Waals surface area contributed by atoms with Crippen LogP contribution in [0.2, 0.25) is 0 Å². The van der Waals surface area contributed by atoms with Crippen LogP contribution >= 0.6 is 0 Å². The highest BCUT2D eigenvalue weighted by molar-refractivity contribution is 6.10. The van der Waals surface area contributed by atoms with Gasteiger partial charge < -0.3 is 21.7 Å². The Balaban J connectivity index is 2.36. The van der Waals surface area contributed by atoms with Crippen molar-refractivity contribution in [3.63, 3.8) is 0 Å². The monoisotopic (exact) mass is 354 g/mol. The molecule has 1 aromatic rings. The molecule has 1 amide bonds. The number of carbonyl (C=O) groups is 1. The quantitative estimate of drug-likeness (QED) is 0.548. The predicted octanol–water partition coefficient (Wildman–Crippen LogP) is 1.40. The lowest BCUT2D eigenvalue weighted by atomic mass is 10.0. The maximum absolute atomic E-state index is 11.7. The molecule has 0 radical (unpaired) electrons. The Kier molecular flexibility index (Phi) is 6.54. The molecule has 0 spiro atoms. The van der Waals surface area contributed by atoms with Crippen LogP contribution in [0.1, 0.15) is 18.9 Å². The normalized spacial score (nSPS) is 16.3. The van der Waals surface area contributed by atoms with Gasteiger partial charge in [-0.15, -0.1) is 0 Å². The van der Waals surface area contributed by atoms with Crippen molar-refractivity contribution in [2.24, 2.45) is 21.5 Å². The average molecular weight is 354 g/mol. The Labute approximate surface area is 154 Å². The molecule has 1 heterocycles. The van der Waals surface area contributed by atoms with E-state index in [1.807, 2.05) is 31.3 Å². The third kappa shape index (κ3) is 4.50. The number of nitrogens with one attached hydrogen (secondary N) is 1. The van der Waals surface area contributed by atoms with E-state index in [0.29, 0.717) is 24.6 Å². The Morgan fingerprint density at radius 1 is 1.38 bits per heavy atom. The molecule has 5 N–H and O–H groups in total. The zero-order valence-electron chi connectivity index (χ0n) is 15.5. The summed E-state index contributed by atoms with van der Waals surface area (Å²) < 4.78 is 0.